The van der Waals surface area contributed by atoms with Crippen LogP contribution in [0.3, 0.4) is 0 Å². The zero-order chi connectivity index (χ0) is 15.9. The number of urea groups is 1. The summed E-state index contributed by atoms with van der Waals surface area (Å²) in [5.41, 5.74) is 4.55. The highest BCUT2D eigenvalue weighted by Crippen LogP contribution is 2.30. The maximum absolute atomic E-state index is 12.5. The first-order valence-electron chi connectivity index (χ1n) is 6.83. The maximum Gasteiger partial charge on any atom is 0.325 e. The van der Waals surface area contributed by atoms with Gasteiger partial charge in [-0.3, -0.25) is 14.5 Å². The maximum atomic E-state index is 12.5. The Balaban J connectivity index is 2.03. The van der Waals surface area contributed by atoms with E-state index in [0.29, 0.717) is 5.56 Å². The standard InChI is InChI=1S/C16H15N3O3/c1-16(14(21)19(9-13(17)20)15(22)18-16)12-7-6-10-4-2-3-5-11(10)8-12/h2-8H,9H2,1H3,(H2,17,20)(H,18,22)/t16-/m1/s1. The molecule has 0 aromatic heterocycles. The number of carbonyl (C=O) groups is 3. The fourth-order valence-corrected chi connectivity index (χ4v) is 2.69. The van der Waals surface area contributed by atoms with Gasteiger partial charge in [-0.25, -0.2) is 4.79 Å². The number of nitrogens with zero attached hydrogens (tertiary/aromatic N) is 1. The van der Waals surface area contributed by atoms with Gasteiger partial charge in [0.1, 0.15) is 12.1 Å². The van der Waals surface area contributed by atoms with Crippen LogP contribution in [0.1, 0.15) is 12.5 Å². The van der Waals surface area contributed by atoms with E-state index in [2.05, 4.69) is 5.32 Å². The molecule has 0 aliphatic carbocycles. The molecule has 1 fully saturated rings. The van der Waals surface area contributed by atoms with Gasteiger partial charge >= 0.3 is 6.03 Å². The molecule has 0 unspecified atom stereocenters. The minimum absolute atomic E-state index is 0.423. The zero-order valence-electron chi connectivity index (χ0n) is 12.0. The van der Waals surface area contributed by atoms with Crippen molar-refractivity contribution in [2.45, 2.75) is 12.5 Å². The van der Waals surface area contributed by atoms with Gasteiger partial charge in [0, 0.05) is 0 Å². The van der Waals surface area contributed by atoms with Gasteiger partial charge in [-0.2, -0.15) is 0 Å². The molecule has 0 spiro atoms. The number of nitrogens with one attached hydrogen (secondary N) is 1. The zero-order valence-corrected chi connectivity index (χ0v) is 12.0. The molecular formula is C16H15N3O3. The van der Waals surface area contributed by atoms with Gasteiger partial charge in [0.2, 0.25) is 5.91 Å². The number of fused-ring (bicyclic) bond motifs is 1. The molecule has 2 aromatic carbocycles. The lowest BCUT2D eigenvalue weighted by Crippen LogP contribution is -2.42. The van der Waals surface area contributed by atoms with E-state index >= 15 is 0 Å². The molecule has 0 saturated carbocycles. The third kappa shape index (κ3) is 2.09. The SMILES string of the molecule is C[C@]1(c2ccc3ccccc3c2)NC(=O)N(CC(N)=O)C1=O. The van der Waals surface area contributed by atoms with Crippen LogP contribution in [-0.4, -0.2) is 29.3 Å². The Hall–Kier alpha value is -2.89. The third-order valence-corrected chi connectivity index (χ3v) is 3.92. The monoisotopic (exact) mass is 297 g/mol. The minimum Gasteiger partial charge on any atom is -0.368 e. The number of carbonyl (C=O) groups excluding carboxylic acids is 3. The van der Waals surface area contributed by atoms with Crippen molar-refractivity contribution in [2.24, 2.45) is 5.73 Å². The Morgan fingerprint density at radius 2 is 1.86 bits per heavy atom. The second-order valence-corrected chi connectivity index (χ2v) is 5.47. The van der Waals surface area contributed by atoms with Gasteiger partial charge < -0.3 is 11.1 Å². The molecule has 0 bridgehead atoms. The van der Waals surface area contributed by atoms with Crippen molar-refractivity contribution in [1.29, 1.82) is 0 Å². The molecule has 6 heteroatoms. The predicted octanol–water partition coefficient (Wildman–Crippen LogP) is 1.09. The van der Waals surface area contributed by atoms with Gasteiger partial charge in [-0.15, -0.1) is 0 Å². The summed E-state index contributed by atoms with van der Waals surface area (Å²) in [6.45, 7) is 1.20. The molecule has 3 rings (SSSR count). The largest absolute Gasteiger partial charge is 0.368 e. The van der Waals surface area contributed by atoms with Crippen LogP contribution in [0.15, 0.2) is 42.5 Å². The summed E-state index contributed by atoms with van der Waals surface area (Å²) < 4.78 is 0. The number of imide groups is 1. The molecule has 0 radical (unpaired) electrons. The number of hydrogen-bond acceptors (Lipinski definition) is 3. The topological polar surface area (TPSA) is 92.5 Å². The molecule has 1 atom stereocenters. The smallest absolute Gasteiger partial charge is 0.325 e. The number of amides is 4. The molecule has 1 aliphatic heterocycles. The van der Waals surface area contributed by atoms with Crippen molar-refractivity contribution in [3.8, 4) is 0 Å². The van der Waals surface area contributed by atoms with Crippen molar-refractivity contribution in [3.05, 3.63) is 48.0 Å². The summed E-state index contributed by atoms with van der Waals surface area (Å²) >= 11 is 0. The van der Waals surface area contributed by atoms with Crippen LogP contribution in [0.2, 0.25) is 0 Å². The summed E-state index contributed by atoms with van der Waals surface area (Å²) in [6, 6.07) is 12.7. The Kier molecular flexibility index (Phi) is 3.09. The second kappa shape index (κ2) is 4.84. The lowest BCUT2D eigenvalue weighted by molar-refractivity contribution is -0.134. The molecule has 1 saturated heterocycles. The fourth-order valence-electron chi connectivity index (χ4n) is 2.69. The van der Waals surface area contributed by atoms with Gasteiger partial charge in [0.15, 0.2) is 0 Å². The number of rotatable bonds is 3. The van der Waals surface area contributed by atoms with Crippen LogP contribution < -0.4 is 11.1 Å². The van der Waals surface area contributed by atoms with E-state index in [9.17, 15) is 14.4 Å². The number of primary amides is 1. The Morgan fingerprint density at radius 3 is 2.55 bits per heavy atom. The first-order chi connectivity index (χ1) is 10.4. The second-order valence-electron chi connectivity index (χ2n) is 5.47. The van der Waals surface area contributed by atoms with Crippen molar-refractivity contribution in [3.63, 3.8) is 0 Å². The van der Waals surface area contributed by atoms with E-state index in [1.165, 1.54) is 0 Å². The van der Waals surface area contributed by atoms with E-state index in [0.717, 1.165) is 15.7 Å². The minimum atomic E-state index is -1.20. The van der Waals surface area contributed by atoms with Gasteiger partial charge in [0.05, 0.1) is 0 Å². The third-order valence-electron chi connectivity index (χ3n) is 3.92. The van der Waals surface area contributed by atoms with E-state index in [1.54, 1.807) is 13.0 Å². The van der Waals surface area contributed by atoms with Crippen LogP contribution >= 0.6 is 0 Å². The quantitative estimate of drug-likeness (QED) is 0.831. The van der Waals surface area contributed by atoms with Crippen molar-refractivity contribution < 1.29 is 14.4 Å². The fraction of sp³-hybridized carbons (Fsp3) is 0.188. The molecule has 1 heterocycles. The average Bonchev–Trinajstić information content (AvgIpc) is 2.71. The highest BCUT2D eigenvalue weighted by molar-refractivity contribution is 6.09. The summed E-state index contributed by atoms with van der Waals surface area (Å²) in [7, 11) is 0. The van der Waals surface area contributed by atoms with E-state index in [1.807, 2.05) is 36.4 Å². The first kappa shape index (κ1) is 14.1. The van der Waals surface area contributed by atoms with Crippen LogP contribution in [0.25, 0.3) is 10.8 Å². The lowest BCUT2D eigenvalue weighted by atomic mass is 9.90. The van der Waals surface area contributed by atoms with Gasteiger partial charge in [-0.05, 0) is 29.3 Å². The molecule has 112 valence electrons. The number of nitrogens with two attached hydrogens (primary N) is 1. The lowest BCUT2D eigenvalue weighted by Gasteiger charge is -2.22. The Morgan fingerprint density at radius 1 is 1.18 bits per heavy atom. The van der Waals surface area contributed by atoms with Crippen LogP contribution in [0.5, 0.6) is 0 Å². The van der Waals surface area contributed by atoms with Gasteiger partial charge in [0.25, 0.3) is 5.91 Å². The van der Waals surface area contributed by atoms with E-state index in [4.69, 9.17) is 5.73 Å². The molecule has 3 N–H and O–H groups in total. The summed E-state index contributed by atoms with van der Waals surface area (Å²) in [5, 5.41) is 4.66. The Labute approximate surface area is 126 Å². The van der Waals surface area contributed by atoms with Crippen LogP contribution in [-0.2, 0) is 15.1 Å². The molecule has 2 aromatic rings. The molecule has 1 aliphatic rings. The average molecular weight is 297 g/mol. The molecule has 4 amide bonds. The highest BCUT2D eigenvalue weighted by atomic mass is 16.2. The molecule has 6 nitrogen and oxygen atoms in total. The predicted molar refractivity (Wildman–Crippen MR) is 80.7 cm³/mol. The van der Waals surface area contributed by atoms with Crippen molar-refractivity contribution >= 4 is 28.6 Å². The van der Waals surface area contributed by atoms with Crippen molar-refractivity contribution in [1.82, 2.24) is 10.2 Å². The van der Waals surface area contributed by atoms with Crippen LogP contribution in [0.4, 0.5) is 4.79 Å². The van der Waals surface area contributed by atoms with Crippen LogP contribution in [0, 0.1) is 0 Å². The van der Waals surface area contributed by atoms with E-state index < -0.39 is 29.9 Å². The summed E-state index contributed by atoms with van der Waals surface area (Å²) in [4.78, 5) is 36.4. The van der Waals surface area contributed by atoms with Gasteiger partial charge in [-0.1, -0.05) is 36.4 Å². The normalized spacial score (nSPS) is 21.2. The highest BCUT2D eigenvalue weighted by Gasteiger charge is 2.49. The summed E-state index contributed by atoms with van der Waals surface area (Å²) in [5.74, 6) is -1.21. The molecular weight excluding hydrogens is 282 g/mol. The first-order valence-corrected chi connectivity index (χ1v) is 6.83. The molecule has 22 heavy (non-hydrogen) atoms. The Bertz CT molecular complexity index is 802. The van der Waals surface area contributed by atoms with Crippen molar-refractivity contribution in [2.75, 3.05) is 6.54 Å². The number of hydrogen-bond donors (Lipinski definition) is 2. The summed E-state index contributed by atoms with van der Waals surface area (Å²) in [6.07, 6.45) is 0. The number of benzene rings is 2. The van der Waals surface area contributed by atoms with E-state index in [-0.39, 0.29) is 0 Å².